The fraction of sp³-hybridized carbons (Fsp3) is 0.500. The van der Waals surface area contributed by atoms with E-state index >= 15 is 0 Å². The van der Waals surface area contributed by atoms with E-state index in [4.69, 9.17) is 9.84 Å². The van der Waals surface area contributed by atoms with Crippen molar-refractivity contribution in [3.05, 3.63) is 23.5 Å². The van der Waals surface area contributed by atoms with Gasteiger partial charge in [0.1, 0.15) is 6.10 Å². The van der Waals surface area contributed by atoms with E-state index in [-0.39, 0.29) is 11.3 Å². The Kier molecular flexibility index (Phi) is 3.91. The van der Waals surface area contributed by atoms with E-state index in [1.165, 1.54) is 19.2 Å². The van der Waals surface area contributed by atoms with Crippen LogP contribution in [0.2, 0.25) is 0 Å². The molecule has 1 fully saturated rings. The fourth-order valence-electron chi connectivity index (χ4n) is 2.26. The highest BCUT2D eigenvalue weighted by Gasteiger charge is 2.42. The zero-order chi connectivity index (χ0) is 14.2. The highest BCUT2D eigenvalue weighted by molar-refractivity contribution is 5.45. The van der Waals surface area contributed by atoms with Gasteiger partial charge in [0.15, 0.2) is 17.3 Å². The zero-order valence-corrected chi connectivity index (χ0v) is 10.2. The molecule has 19 heavy (non-hydrogen) atoms. The molecule has 1 aliphatic rings. The van der Waals surface area contributed by atoms with Crippen molar-refractivity contribution in [2.45, 2.75) is 24.3 Å². The normalized spacial score (nSPS) is 30.6. The Hall–Kier alpha value is -1.41. The van der Waals surface area contributed by atoms with Crippen molar-refractivity contribution in [1.29, 1.82) is 0 Å². The van der Waals surface area contributed by atoms with Gasteiger partial charge in [0, 0.05) is 5.56 Å². The van der Waals surface area contributed by atoms with Crippen molar-refractivity contribution in [1.82, 2.24) is 5.32 Å². The van der Waals surface area contributed by atoms with Crippen LogP contribution in [-0.4, -0.2) is 52.4 Å². The maximum Gasteiger partial charge on any atom is 0.194 e. The van der Waals surface area contributed by atoms with Gasteiger partial charge in [0.25, 0.3) is 0 Å². The lowest BCUT2D eigenvalue weighted by Gasteiger charge is -2.18. The summed E-state index contributed by atoms with van der Waals surface area (Å²) in [7, 11) is 1.29. The minimum Gasteiger partial charge on any atom is -0.502 e. The molecular weight excluding hydrogens is 257 g/mol. The summed E-state index contributed by atoms with van der Waals surface area (Å²) in [5, 5.41) is 40.9. The number of halogens is 1. The van der Waals surface area contributed by atoms with Crippen LogP contribution in [0.4, 0.5) is 4.39 Å². The molecule has 106 valence electrons. The molecule has 2 rings (SSSR count). The second-order valence-corrected chi connectivity index (χ2v) is 4.43. The average molecular weight is 273 g/mol. The predicted molar refractivity (Wildman–Crippen MR) is 63.4 cm³/mol. The maximum absolute atomic E-state index is 14.0. The number of aliphatic hydroxyl groups excluding tert-OH is 3. The fourth-order valence-corrected chi connectivity index (χ4v) is 2.26. The number of aromatic hydroxyl groups is 1. The molecule has 1 aromatic rings. The Balaban J connectivity index is 2.35. The average Bonchev–Trinajstić information content (AvgIpc) is 2.69. The highest BCUT2D eigenvalue weighted by Crippen LogP contribution is 2.36. The summed E-state index contributed by atoms with van der Waals surface area (Å²) >= 11 is 0. The summed E-state index contributed by atoms with van der Waals surface area (Å²) in [4.78, 5) is 0. The topological polar surface area (TPSA) is 102 Å². The first-order valence-corrected chi connectivity index (χ1v) is 5.79. The molecule has 7 heteroatoms. The van der Waals surface area contributed by atoms with Crippen molar-refractivity contribution in [3.8, 4) is 11.5 Å². The lowest BCUT2D eigenvalue weighted by molar-refractivity contribution is 0.0190. The van der Waals surface area contributed by atoms with Gasteiger partial charge >= 0.3 is 0 Å². The molecular formula is C12H16FNO5. The van der Waals surface area contributed by atoms with Gasteiger partial charge in [-0.25, -0.2) is 4.39 Å². The number of aliphatic hydroxyl groups is 3. The van der Waals surface area contributed by atoms with Crippen LogP contribution >= 0.6 is 0 Å². The van der Waals surface area contributed by atoms with E-state index in [9.17, 15) is 19.7 Å². The summed E-state index contributed by atoms with van der Waals surface area (Å²) in [6.07, 6.45) is -2.49. The third-order valence-electron chi connectivity index (χ3n) is 3.36. The maximum atomic E-state index is 14.0. The number of phenols is 1. The summed E-state index contributed by atoms with van der Waals surface area (Å²) < 4.78 is 18.8. The van der Waals surface area contributed by atoms with Crippen LogP contribution in [0, 0.1) is 5.82 Å². The van der Waals surface area contributed by atoms with E-state index in [0.29, 0.717) is 0 Å². The van der Waals surface area contributed by atoms with Gasteiger partial charge in [0.05, 0.1) is 31.9 Å². The number of rotatable bonds is 3. The third kappa shape index (κ3) is 2.25. The van der Waals surface area contributed by atoms with Gasteiger partial charge in [-0.05, 0) is 6.07 Å². The molecule has 1 aromatic carbocycles. The zero-order valence-electron chi connectivity index (χ0n) is 10.2. The number of hydrogen-bond acceptors (Lipinski definition) is 6. The molecule has 0 saturated carbocycles. The molecule has 0 unspecified atom stereocenters. The van der Waals surface area contributed by atoms with Crippen molar-refractivity contribution in [2.24, 2.45) is 0 Å². The van der Waals surface area contributed by atoms with Gasteiger partial charge in [-0.1, -0.05) is 6.07 Å². The van der Waals surface area contributed by atoms with Crippen LogP contribution in [0.15, 0.2) is 12.1 Å². The van der Waals surface area contributed by atoms with E-state index < -0.39 is 42.5 Å². The quantitative estimate of drug-likeness (QED) is 0.497. The molecule has 0 spiro atoms. The molecule has 6 nitrogen and oxygen atoms in total. The second kappa shape index (κ2) is 5.30. The van der Waals surface area contributed by atoms with E-state index in [1.807, 2.05) is 0 Å². The Morgan fingerprint density at radius 2 is 2.00 bits per heavy atom. The molecule has 5 N–H and O–H groups in total. The van der Waals surface area contributed by atoms with E-state index in [0.717, 1.165) is 0 Å². The number of methoxy groups -OCH3 is 1. The van der Waals surface area contributed by atoms with Crippen molar-refractivity contribution in [2.75, 3.05) is 13.7 Å². The highest BCUT2D eigenvalue weighted by atomic mass is 19.1. The van der Waals surface area contributed by atoms with Crippen LogP contribution in [0.5, 0.6) is 11.5 Å². The molecule has 1 aliphatic heterocycles. The number of ether oxygens (including phenoxy) is 1. The number of hydrogen-bond donors (Lipinski definition) is 5. The van der Waals surface area contributed by atoms with Crippen molar-refractivity contribution < 1.29 is 29.6 Å². The number of nitrogens with one attached hydrogen (secondary N) is 1. The van der Waals surface area contributed by atoms with Gasteiger partial charge < -0.3 is 30.5 Å². The SMILES string of the molecule is COc1ccc([C@H]2N[C@H](CO)[C@@H](O)[C@@H]2O)c(F)c1O. The van der Waals surface area contributed by atoms with Crippen LogP contribution < -0.4 is 10.1 Å². The number of benzene rings is 1. The predicted octanol–water partition coefficient (Wildman–Crippen LogP) is -0.733. The molecule has 1 saturated heterocycles. The summed E-state index contributed by atoms with van der Waals surface area (Å²) in [5.74, 6) is -1.61. The van der Waals surface area contributed by atoms with Gasteiger partial charge in [-0.2, -0.15) is 0 Å². The minimum absolute atomic E-state index is 0.000741. The van der Waals surface area contributed by atoms with Crippen LogP contribution in [0.3, 0.4) is 0 Å². The minimum atomic E-state index is -1.28. The Bertz CT molecular complexity index is 470. The Labute approximate surface area is 109 Å². The second-order valence-electron chi connectivity index (χ2n) is 4.43. The third-order valence-corrected chi connectivity index (χ3v) is 3.36. The van der Waals surface area contributed by atoms with Crippen LogP contribution in [0.1, 0.15) is 11.6 Å². The first-order chi connectivity index (χ1) is 9.01. The molecule has 0 aliphatic carbocycles. The molecule has 0 amide bonds. The molecule has 0 bridgehead atoms. The first kappa shape index (κ1) is 14.0. The lowest BCUT2D eigenvalue weighted by atomic mass is 10.00. The first-order valence-electron chi connectivity index (χ1n) is 5.79. The molecule has 4 atom stereocenters. The van der Waals surface area contributed by atoms with E-state index in [1.54, 1.807) is 0 Å². The van der Waals surface area contributed by atoms with E-state index in [2.05, 4.69) is 5.32 Å². The van der Waals surface area contributed by atoms with Crippen LogP contribution in [0.25, 0.3) is 0 Å². The van der Waals surface area contributed by atoms with Gasteiger partial charge in [-0.3, -0.25) is 0 Å². The van der Waals surface area contributed by atoms with Crippen molar-refractivity contribution >= 4 is 0 Å². The van der Waals surface area contributed by atoms with Crippen LogP contribution in [-0.2, 0) is 0 Å². The van der Waals surface area contributed by atoms with Crippen molar-refractivity contribution in [3.63, 3.8) is 0 Å². The monoisotopic (exact) mass is 273 g/mol. The summed E-state index contributed by atoms with van der Waals surface area (Å²) in [5.41, 5.74) is 0.000741. The Morgan fingerprint density at radius 3 is 2.53 bits per heavy atom. The van der Waals surface area contributed by atoms with Gasteiger partial charge in [0.2, 0.25) is 0 Å². The summed E-state index contributed by atoms with van der Waals surface area (Å²) in [6, 6.07) is 1.05. The van der Waals surface area contributed by atoms with Gasteiger partial charge in [-0.15, -0.1) is 0 Å². The molecule has 0 aromatic heterocycles. The Morgan fingerprint density at radius 1 is 1.32 bits per heavy atom. The molecule has 1 heterocycles. The largest absolute Gasteiger partial charge is 0.502 e. The smallest absolute Gasteiger partial charge is 0.194 e. The summed E-state index contributed by atoms with van der Waals surface area (Å²) in [6.45, 7) is -0.390. The molecule has 0 radical (unpaired) electrons. The number of phenolic OH excluding ortho intramolecular Hbond substituents is 1. The standard InChI is InChI=1S/C12H16FNO5/c1-19-7-3-2-5(8(13)11(7)17)9-12(18)10(16)6(4-15)14-9/h2-3,6,9-10,12,14-18H,4H2,1H3/t6-,9-,10-,12-/m1/s1. The lowest BCUT2D eigenvalue weighted by Crippen LogP contribution is -2.35.